The number of carbonyl (C=O) groups is 2. The summed E-state index contributed by atoms with van der Waals surface area (Å²) in [5, 5.41) is 3.12. The molecule has 8 nitrogen and oxygen atoms in total. The largest absolute Gasteiger partial charge is 0.497 e. The number of benzene rings is 3. The van der Waals surface area contributed by atoms with E-state index in [1.165, 1.54) is 17.0 Å². The Morgan fingerprint density at radius 3 is 2.34 bits per heavy atom. The number of rotatable bonds is 11. The Kier molecular flexibility index (Phi) is 10.0. The summed E-state index contributed by atoms with van der Waals surface area (Å²) in [7, 11) is -2.52. The second-order valence-corrected chi connectivity index (χ2v) is 12.4. The lowest BCUT2D eigenvalue weighted by atomic mass is 9.95. The van der Waals surface area contributed by atoms with Gasteiger partial charge in [0.15, 0.2) is 0 Å². The van der Waals surface area contributed by atoms with Crippen LogP contribution in [0.15, 0.2) is 83.8 Å². The van der Waals surface area contributed by atoms with Gasteiger partial charge in [-0.3, -0.25) is 13.9 Å². The molecule has 0 saturated heterocycles. The van der Waals surface area contributed by atoms with Crippen molar-refractivity contribution in [2.45, 2.75) is 69.5 Å². The van der Waals surface area contributed by atoms with E-state index in [1.807, 2.05) is 31.2 Å². The quantitative estimate of drug-likeness (QED) is 0.344. The van der Waals surface area contributed by atoms with Crippen molar-refractivity contribution in [2.24, 2.45) is 0 Å². The maximum Gasteiger partial charge on any atom is 0.264 e. The minimum atomic E-state index is -4.09. The van der Waals surface area contributed by atoms with Crippen molar-refractivity contribution in [2.75, 3.05) is 18.0 Å². The predicted molar refractivity (Wildman–Crippen MR) is 160 cm³/mol. The van der Waals surface area contributed by atoms with Gasteiger partial charge in [0, 0.05) is 12.6 Å². The minimum absolute atomic E-state index is 0.0784. The monoisotopic (exact) mass is 577 g/mol. The van der Waals surface area contributed by atoms with Crippen LogP contribution in [0.4, 0.5) is 5.69 Å². The number of ether oxygens (including phenoxy) is 1. The van der Waals surface area contributed by atoms with Crippen molar-refractivity contribution in [3.05, 3.63) is 90.0 Å². The zero-order chi connectivity index (χ0) is 29.4. The average Bonchev–Trinajstić information content (AvgIpc) is 2.99. The second-order valence-electron chi connectivity index (χ2n) is 10.6. The summed E-state index contributed by atoms with van der Waals surface area (Å²) in [6.45, 7) is 3.21. The number of amides is 2. The van der Waals surface area contributed by atoms with Crippen LogP contribution < -0.4 is 14.4 Å². The minimum Gasteiger partial charge on any atom is -0.497 e. The van der Waals surface area contributed by atoms with E-state index in [-0.39, 0.29) is 23.4 Å². The fraction of sp³-hybridized carbons (Fsp3) is 0.375. The van der Waals surface area contributed by atoms with Gasteiger partial charge in [0.1, 0.15) is 18.3 Å². The molecule has 9 heteroatoms. The Morgan fingerprint density at radius 2 is 1.66 bits per heavy atom. The zero-order valence-corrected chi connectivity index (χ0v) is 24.8. The van der Waals surface area contributed by atoms with Gasteiger partial charge in [-0.1, -0.05) is 61.7 Å². The molecule has 0 spiro atoms. The van der Waals surface area contributed by atoms with E-state index in [1.54, 1.807) is 56.5 Å². The highest BCUT2D eigenvalue weighted by Crippen LogP contribution is 2.26. The summed E-state index contributed by atoms with van der Waals surface area (Å²) >= 11 is 0. The Hall–Kier alpha value is -3.85. The van der Waals surface area contributed by atoms with Crippen LogP contribution in [-0.2, 0) is 26.2 Å². The van der Waals surface area contributed by atoms with Crippen molar-refractivity contribution in [3.63, 3.8) is 0 Å². The Bertz CT molecular complexity index is 1440. The first-order valence-corrected chi connectivity index (χ1v) is 15.5. The van der Waals surface area contributed by atoms with Crippen LogP contribution >= 0.6 is 0 Å². The summed E-state index contributed by atoms with van der Waals surface area (Å²) in [6.07, 6.45) is 5.12. The van der Waals surface area contributed by atoms with E-state index < -0.39 is 28.5 Å². The van der Waals surface area contributed by atoms with Crippen LogP contribution in [0.3, 0.4) is 0 Å². The van der Waals surface area contributed by atoms with Crippen LogP contribution in [0.1, 0.15) is 50.2 Å². The third-order valence-electron chi connectivity index (χ3n) is 7.51. The summed E-state index contributed by atoms with van der Waals surface area (Å²) < 4.78 is 34.2. The van der Waals surface area contributed by atoms with Gasteiger partial charge in [-0.25, -0.2) is 8.42 Å². The van der Waals surface area contributed by atoms with Gasteiger partial charge in [-0.15, -0.1) is 0 Å². The molecule has 0 heterocycles. The summed E-state index contributed by atoms with van der Waals surface area (Å²) in [5.41, 5.74) is 2.00. The molecular weight excluding hydrogens is 538 g/mol. The van der Waals surface area contributed by atoms with Gasteiger partial charge in [-0.05, 0) is 74.2 Å². The average molecular weight is 578 g/mol. The normalized spacial score (nSPS) is 14.6. The van der Waals surface area contributed by atoms with Gasteiger partial charge in [0.25, 0.3) is 10.0 Å². The van der Waals surface area contributed by atoms with Crippen LogP contribution in [0.2, 0.25) is 0 Å². The molecule has 4 rings (SSSR count). The number of nitrogens with zero attached hydrogens (tertiary/aromatic N) is 2. The highest BCUT2D eigenvalue weighted by atomic mass is 32.2. The Morgan fingerprint density at radius 1 is 0.951 bits per heavy atom. The smallest absolute Gasteiger partial charge is 0.264 e. The molecule has 1 aliphatic rings. The third-order valence-corrected chi connectivity index (χ3v) is 9.29. The number of aryl methyl sites for hydroxylation is 1. The molecule has 0 aliphatic heterocycles. The number of methoxy groups -OCH3 is 1. The van der Waals surface area contributed by atoms with Gasteiger partial charge >= 0.3 is 0 Å². The van der Waals surface area contributed by atoms with E-state index in [4.69, 9.17) is 4.74 Å². The first-order valence-electron chi connectivity index (χ1n) is 14.1. The van der Waals surface area contributed by atoms with Gasteiger partial charge in [-0.2, -0.15) is 0 Å². The first kappa shape index (κ1) is 30.1. The molecule has 41 heavy (non-hydrogen) atoms. The van der Waals surface area contributed by atoms with Crippen molar-refractivity contribution < 1.29 is 22.7 Å². The summed E-state index contributed by atoms with van der Waals surface area (Å²) in [6, 6.07) is 21.6. The predicted octanol–water partition coefficient (Wildman–Crippen LogP) is 5.07. The number of hydrogen-bond donors (Lipinski definition) is 1. The lowest BCUT2D eigenvalue weighted by Crippen LogP contribution is -2.53. The molecule has 0 unspecified atom stereocenters. The van der Waals surface area contributed by atoms with Crippen molar-refractivity contribution in [1.29, 1.82) is 0 Å². The van der Waals surface area contributed by atoms with Gasteiger partial charge < -0.3 is 15.0 Å². The summed E-state index contributed by atoms with van der Waals surface area (Å²) in [5.74, 6) is -0.108. The van der Waals surface area contributed by atoms with E-state index in [2.05, 4.69) is 5.32 Å². The molecule has 2 amide bonds. The van der Waals surface area contributed by atoms with E-state index in [0.29, 0.717) is 11.4 Å². The molecular formula is C32H39N3O5S. The van der Waals surface area contributed by atoms with Crippen LogP contribution in [0.25, 0.3) is 0 Å². The molecule has 0 radical (unpaired) electrons. The molecule has 218 valence electrons. The maximum absolute atomic E-state index is 14.1. The molecule has 1 atom stereocenters. The van der Waals surface area contributed by atoms with Crippen LogP contribution in [0, 0.1) is 6.92 Å². The molecule has 1 saturated carbocycles. The molecule has 3 aromatic carbocycles. The van der Waals surface area contributed by atoms with E-state index in [9.17, 15) is 18.0 Å². The van der Waals surface area contributed by atoms with Crippen LogP contribution in [0.5, 0.6) is 5.75 Å². The molecule has 1 N–H and O–H groups in total. The molecule has 1 aliphatic carbocycles. The number of sulfonamides is 1. The van der Waals surface area contributed by atoms with Crippen molar-refractivity contribution >= 4 is 27.5 Å². The fourth-order valence-electron chi connectivity index (χ4n) is 5.15. The summed E-state index contributed by atoms with van der Waals surface area (Å²) in [4.78, 5) is 29.1. The molecule has 0 aromatic heterocycles. The van der Waals surface area contributed by atoms with Crippen molar-refractivity contribution in [1.82, 2.24) is 10.2 Å². The maximum atomic E-state index is 14.1. The molecule has 1 fully saturated rings. The molecule has 3 aromatic rings. The molecule has 0 bridgehead atoms. The Labute approximate surface area is 243 Å². The lowest BCUT2D eigenvalue weighted by molar-refractivity contribution is -0.139. The number of anilines is 1. The SMILES string of the molecule is COc1cccc(CN(C(=O)CN(c2cccc(C)c2)S(=O)(=O)c2ccccc2)[C@@H](C)C(=O)NC2CCCCC2)c1. The van der Waals surface area contributed by atoms with E-state index in [0.717, 1.165) is 47.5 Å². The van der Waals surface area contributed by atoms with E-state index >= 15 is 0 Å². The number of nitrogens with one attached hydrogen (secondary N) is 1. The standard InChI is InChI=1S/C32H39N3O5S/c1-24-12-10-16-28(20-24)35(41(38,39)30-18-8-5-9-19-30)23-31(36)34(22-26-13-11-17-29(21-26)40-3)25(2)32(37)33-27-14-6-4-7-15-27/h5,8-13,16-21,25,27H,4,6-7,14-15,22-23H2,1-3H3,(H,33,37)/t25-/m0/s1. The second kappa shape index (κ2) is 13.7. The van der Waals surface area contributed by atoms with Gasteiger partial charge in [0.2, 0.25) is 11.8 Å². The van der Waals surface area contributed by atoms with Crippen LogP contribution in [-0.4, -0.2) is 50.9 Å². The van der Waals surface area contributed by atoms with Crippen molar-refractivity contribution in [3.8, 4) is 5.75 Å². The fourth-order valence-corrected chi connectivity index (χ4v) is 6.58. The highest BCUT2D eigenvalue weighted by molar-refractivity contribution is 7.92. The lowest BCUT2D eigenvalue weighted by Gasteiger charge is -2.33. The first-order chi connectivity index (χ1) is 19.7. The highest BCUT2D eigenvalue weighted by Gasteiger charge is 2.33. The Balaban J connectivity index is 1.67. The number of hydrogen-bond acceptors (Lipinski definition) is 5. The number of carbonyl (C=O) groups excluding carboxylic acids is 2. The zero-order valence-electron chi connectivity index (χ0n) is 24.0. The topological polar surface area (TPSA) is 96.0 Å². The van der Waals surface area contributed by atoms with Gasteiger partial charge in [0.05, 0.1) is 17.7 Å². The third kappa shape index (κ3) is 7.67.